The number of nitrogens with two attached hydrogens (primary N) is 1. The van der Waals surface area contributed by atoms with Crippen molar-refractivity contribution >= 4 is 17.3 Å². The number of nitro groups is 1. The number of carbonyl (C=O) groups excluding carboxylic acids is 1. The minimum Gasteiger partial charge on any atom is -0.466 e. The van der Waals surface area contributed by atoms with Crippen LogP contribution in [0, 0.1) is 22.5 Å². The number of carbonyl (C=O) groups is 1. The fourth-order valence-corrected chi connectivity index (χ4v) is 3.46. The van der Waals surface area contributed by atoms with E-state index in [0.717, 1.165) is 29.9 Å². The molecule has 0 spiro atoms. The van der Waals surface area contributed by atoms with Crippen LogP contribution in [0.25, 0.3) is 0 Å². The summed E-state index contributed by atoms with van der Waals surface area (Å²) in [6, 6.07) is 6.11. The van der Waals surface area contributed by atoms with E-state index in [-0.39, 0.29) is 22.7 Å². The Morgan fingerprint density at radius 2 is 2.12 bits per heavy atom. The molecule has 0 radical (unpaired) electrons. The van der Waals surface area contributed by atoms with Crippen molar-refractivity contribution in [1.29, 1.82) is 0 Å². The number of aryl methyl sites for hydroxylation is 1. The van der Waals surface area contributed by atoms with Gasteiger partial charge in [-0.3, -0.25) is 14.9 Å². The zero-order chi connectivity index (χ0) is 18.4. The predicted octanol–water partition coefficient (Wildman–Crippen LogP) is 3.72. The van der Waals surface area contributed by atoms with Gasteiger partial charge in [-0.2, -0.15) is 0 Å². The molecule has 7 nitrogen and oxygen atoms in total. The molecular weight excluding hydrogens is 322 g/mol. The van der Waals surface area contributed by atoms with E-state index in [0.29, 0.717) is 5.69 Å². The normalized spacial score (nSPS) is 18.4. The topological polar surface area (TPSA) is 111 Å². The van der Waals surface area contributed by atoms with Gasteiger partial charge in [0.15, 0.2) is 0 Å². The number of nitrogens with one attached hydrogen (secondary N) is 1. The summed E-state index contributed by atoms with van der Waals surface area (Å²) in [5.41, 5.74) is 6.58. The highest BCUT2D eigenvalue weighted by molar-refractivity contribution is 5.94. The first-order chi connectivity index (χ1) is 11.7. The molecule has 0 saturated heterocycles. The molecule has 1 aliphatic rings. The van der Waals surface area contributed by atoms with Gasteiger partial charge in [-0.15, -0.1) is 0 Å². The number of furan rings is 1. The maximum absolute atomic E-state index is 11.4. The maximum atomic E-state index is 11.4. The molecule has 1 unspecified atom stereocenters. The van der Waals surface area contributed by atoms with Gasteiger partial charge in [0.05, 0.1) is 11.0 Å². The van der Waals surface area contributed by atoms with E-state index < -0.39 is 10.8 Å². The summed E-state index contributed by atoms with van der Waals surface area (Å²) in [7, 11) is 0. The van der Waals surface area contributed by atoms with Crippen molar-refractivity contribution < 1.29 is 14.1 Å². The van der Waals surface area contributed by atoms with Crippen LogP contribution in [-0.2, 0) is 6.42 Å². The standard InChI is InChI=1S/C18H21N3O4/c1-10-6-12-14(8-18(2,3)9-16(12)25-10)20-13-5-4-11(17(19)22)7-15(13)21(23)24/h4-7,14,20H,8-9H2,1-3H3,(H2,19,22). The van der Waals surface area contributed by atoms with Crippen LogP contribution in [0.5, 0.6) is 0 Å². The molecule has 0 bridgehead atoms. The lowest BCUT2D eigenvalue weighted by Gasteiger charge is -2.35. The highest BCUT2D eigenvalue weighted by Gasteiger charge is 2.35. The average Bonchev–Trinajstić information content (AvgIpc) is 2.86. The van der Waals surface area contributed by atoms with Crippen LogP contribution in [0.3, 0.4) is 0 Å². The number of primary amides is 1. The van der Waals surface area contributed by atoms with Gasteiger partial charge in [0.25, 0.3) is 5.69 Å². The van der Waals surface area contributed by atoms with Crippen LogP contribution in [0.15, 0.2) is 28.7 Å². The molecule has 0 saturated carbocycles. The summed E-state index contributed by atoms with van der Waals surface area (Å²) in [6.45, 7) is 6.19. The monoisotopic (exact) mass is 343 g/mol. The van der Waals surface area contributed by atoms with Crippen molar-refractivity contribution in [2.75, 3.05) is 5.32 Å². The molecule has 25 heavy (non-hydrogen) atoms. The second-order valence-electron chi connectivity index (χ2n) is 7.33. The van der Waals surface area contributed by atoms with Gasteiger partial charge in [0.1, 0.15) is 17.2 Å². The molecule has 1 heterocycles. The third-order valence-corrected chi connectivity index (χ3v) is 4.54. The summed E-state index contributed by atoms with van der Waals surface area (Å²) in [6.07, 6.45) is 1.64. The largest absolute Gasteiger partial charge is 0.466 e. The summed E-state index contributed by atoms with van der Waals surface area (Å²) in [5.74, 6) is 1.05. The Hall–Kier alpha value is -2.83. The van der Waals surface area contributed by atoms with E-state index in [4.69, 9.17) is 10.2 Å². The van der Waals surface area contributed by atoms with Gasteiger partial charge in [-0.25, -0.2) is 0 Å². The quantitative estimate of drug-likeness (QED) is 0.649. The lowest BCUT2D eigenvalue weighted by molar-refractivity contribution is -0.384. The van der Waals surface area contributed by atoms with E-state index in [1.165, 1.54) is 18.2 Å². The Labute approximate surface area is 145 Å². The average molecular weight is 343 g/mol. The molecule has 7 heteroatoms. The third-order valence-electron chi connectivity index (χ3n) is 4.54. The molecule has 1 aromatic heterocycles. The lowest BCUT2D eigenvalue weighted by Crippen LogP contribution is -2.28. The number of fused-ring (bicyclic) bond motifs is 1. The zero-order valence-electron chi connectivity index (χ0n) is 14.5. The lowest BCUT2D eigenvalue weighted by atomic mass is 9.74. The summed E-state index contributed by atoms with van der Waals surface area (Å²) in [4.78, 5) is 22.2. The Balaban J connectivity index is 1.99. The smallest absolute Gasteiger partial charge is 0.293 e. The van der Waals surface area contributed by atoms with E-state index in [1.807, 2.05) is 13.0 Å². The molecule has 3 N–H and O–H groups in total. The fraction of sp³-hybridized carbons (Fsp3) is 0.389. The van der Waals surface area contributed by atoms with Gasteiger partial charge >= 0.3 is 0 Å². The van der Waals surface area contributed by atoms with Gasteiger partial charge in [0, 0.05) is 23.6 Å². The van der Waals surface area contributed by atoms with E-state index in [1.54, 1.807) is 0 Å². The summed E-state index contributed by atoms with van der Waals surface area (Å²) in [5, 5.41) is 14.7. The number of nitro benzene ring substituents is 1. The Morgan fingerprint density at radius 3 is 2.76 bits per heavy atom. The van der Waals surface area contributed by atoms with Crippen molar-refractivity contribution in [2.24, 2.45) is 11.1 Å². The van der Waals surface area contributed by atoms with Crippen molar-refractivity contribution in [3.63, 3.8) is 0 Å². The molecule has 1 amide bonds. The number of nitrogens with zero attached hydrogens (tertiary/aromatic N) is 1. The minimum atomic E-state index is -0.693. The van der Waals surface area contributed by atoms with E-state index in [2.05, 4.69) is 19.2 Å². The molecule has 3 rings (SSSR count). The Morgan fingerprint density at radius 1 is 1.40 bits per heavy atom. The number of benzene rings is 1. The Kier molecular flexibility index (Phi) is 4.02. The molecule has 0 fully saturated rings. The highest BCUT2D eigenvalue weighted by atomic mass is 16.6. The highest BCUT2D eigenvalue weighted by Crippen LogP contribution is 2.44. The number of anilines is 1. The second kappa shape index (κ2) is 5.91. The van der Waals surface area contributed by atoms with Crippen LogP contribution >= 0.6 is 0 Å². The van der Waals surface area contributed by atoms with Crippen LogP contribution in [0.2, 0.25) is 0 Å². The van der Waals surface area contributed by atoms with Gasteiger partial charge < -0.3 is 15.5 Å². The first-order valence-electron chi connectivity index (χ1n) is 8.10. The third kappa shape index (κ3) is 3.35. The molecule has 1 aliphatic carbocycles. The Bertz CT molecular complexity index is 854. The van der Waals surface area contributed by atoms with Crippen LogP contribution in [0.4, 0.5) is 11.4 Å². The number of hydrogen-bond acceptors (Lipinski definition) is 5. The fourth-order valence-electron chi connectivity index (χ4n) is 3.46. The number of amides is 1. The molecule has 0 aliphatic heterocycles. The zero-order valence-corrected chi connectivity index (χ0v) is 14.5. The first-order valence-corrected chi connectivity index (χ1v) is 8.10. The van der Waals surface area contributed by atoms with Crippen LogP contribution < -0.4 is 11.1 Å². The molecule has 1 atom stereocenters. The molecule has 2 aromatic rings. The molecule has 1 aromatic carbocycles. The van der Waals surface area contributed by atoms with Gasteiger partial charge in [0.2, 0.25) is 5.91 Å². The van der Waals surface area contributed by atoms with Crippen molar-refractivity contribution in [2.45, 2.75) is 39.7 Å². The van der Waals surface area contributed by atoms with Crippen LogP contribution in [0.1, 0.15) is 53.8 Å². The van der Waals surface area contributed by atoms with Crippen molar-refractivity contribution in [3.05, 3.63) is 57.0 Å². The van der Waals surface area contributed by atoms with Crippen molar-refractivity contribution in [1.82, 2.24) is 0 Å². The minimum absolute atomic E-state index is 0.0108. The second-order valence-corrected chi connectivity index (χ2v) is 7.33. The SMILES string of the molecule is Cc1cc2c(o1)CC(C)(C)CC2Nc1ccc(C(N)=O)cc1[N+](=O)[O-]. The number of rotatable bonds is 4. The summed E-state index contributed by atoms with van der Waals surface area (Å²) >= 11 is 0. The van der Waals surface area contributed by atoms with E-state index >= 15 is 0 Å². The molecular formula is C18H21N3O4. The number of hydrogen-bond donors (Lipinski definition) is 2. The first kappa shape index (κ1) is 17.0. The van der Waals surface area contributed by atoms with Gasteiger partial charge in [-0.05, 0) is 37.0 Å². The van der Waals surface area contributed by atoms with E-state index in [9.17, 15) is 14.9 Å². The maximum Gasteiger partial charge on any atom is 0.293 e. The molecule has 132 valence electrons. The van der Waals surface area contributed by atoms with Gasteiger partial charge in [-0.1, -0.05) is 13.8 Å². The predicted molar refractivity (Wildman–Crippen MR) is 93.5 cm³/mol. The van der Waals surface area contributed by atoms with Crippen LogP contribution in [-0.4, -0.2) is 10.8 Å². The summed E-state index contributed by atoms with van der Waals surface area (Å²) < 4.78 is 5.80. The van der Waals surface area contributed by atoms with Crippen molar-refractivity contribution in [3.8, 4) is 0 Å².